The smallest absolute Gasteiger partial charge is 0.130 e. The molecule has 1 aliphatic heterocycles. The number of allylic oxidation sites excluding steroid dienone is 7. The summed E-state index contributed by atoms with van der Waals surface area (Å²) in [5.74, 6) is 1.50. The van der Waals surface area contributed by atoms with E-state index in [2.05, 4.69) is 49.5 Å². The summed E-state index contributed by atoms with van der Waals surface area (Å²) < 4.78 is 5.99. The standard InChI is InChI=1S/C14H14O.C2H6/c1-10-6-5-8-12-11-7-3-2-4-9-13(11)15-14(10)12;1-2/h2-3,5-9,12,14H,4H2,1H3;1-2H3. The first kappa shape index (κ1) is 12.0. The molecule has 17 heavy (non-hydrogen) atoms. The van der Waals surface area contributed by atoms with Gasteiger partial charge in [-0.1, -0.05) is 50.3 Å². The van der Waals surface area contributed by atoms with E-state index in [0.29, 0.717) is 5.92 Å². The maximum Gasteiger partial charge on any atom is 0.130 e. The molecule has 0 amide bonds. The van der Waals surface area contributed by atoms with Gasteiger partial charge in [0, 0.05) is 11.5 Å². The van der Waals surface area contributed by atoms with E-state index >= 15 is 0 Å². The highest BCUT2D eigenvalue weighted by Crippen LogP contribution is 2.41. The van der Waals surface area contributed by atoms with Gasteiger partial charge in [-0.25, -0.2) is 0 Å². The molecule has 1 heteroatoms. The normalized spacial score (nSPS) is 28.5. The third-order valence-corrected chi connectivity index (χ3v) is 3.20. The van der Waals surface area contributed by atoms with Crippen LogP contribution in [0, 0.1) is 5.92 Å². The second-order valence-electron chi connectivity index (χ2n) is 4.21. The van der Waals surface area contributed by atoms with Crippen LogP contribution in [-0.4, -0.2) is 6.10 Å². The molecule has 0 aromatic rings. The van der Waals surface area contributed by atoms with Crippen LogP contribution in [0.3, 0.4) is 0 Å². The highest BCUT2D eigenvalue weighted by molar-refractivity contribution is 5.45. The highest BCUT2D eigenvalue weighted by Gasteiger charge is 2.37. The van der Waals surface area contributed by atoms with Gasteiger partial charge >= 0.3 is 0 Å². The van der Waals surface area contributed by atoms with E-state index in [0.717, 1.165) is 12.2 Å². The molecule has 2 atom stereocenters. The van der Waals surface area contributed by atoms with Gasteiger partial charge in [-0.05, 0) is 25.0 Å². The zero-order valence-electron chi connectivity index (χ0n) is 10.8. The molecule has 0 radical (unpaired) electrons. The molecule has 90 valence electrons. The zero-order chi connectivity index (χ0) is 12.3. The molecule has 0 saturated carbocycles. The predicted molar refractivity (Wildman–Crippen MR) is 72.5 cm³/mol. The van der Waals surface area contributed by atoms with Crippen molar-refractivity contribution in [3.05, 3.63) is 59.4 Å². The van der Waals surface area contributed by atoms with Gasteiger partial charge in [-0.2, -0.15) is 0 Å². The molecular formula is C16H20O. The van der Waals surface area contributed by atoms with Crippen LogP contribution < -0.4 is 0 Å². The van der Waals surface area contributed by atoms with Crippen LogP contribution in [0.5, 0.6) is 0 Å². The first-order valence-electron chi connectivity index (χ1n) is 6.45. The summed E-state index contributed by atoms with van der Waals surface area (Å²) in [6.07, 6.45) is 16.4. The lowest BCUT2D eigenvalue weighted by Gasteiger charge is -2.18. The summed E-state index contributed by atoms with van der Waals surface area (Å²) >= 11 is 0. The lowest BCUT2D eigenvalue weighted by molar-refractivity contribution is 0.173. The molecule has 1 saturated heterocycles. The van der Waals surface area contributed by atoms with Crippen LogP contribution in [-0.2, 0) is 4.74 Å². The Morgan fingerprint density at radius 3 is 2.82 bits per heavy atom. The van der Waals surface area contributed by atoms with Crippen molar-refractivity contribution in [1.29, 1.82) is 0 Å². The van der Waals surface area contributed by atoms with Crippen molar-refractivity contribution in [3.8, 4) is 0 Å². The summed E-state index contributed by atoms with van der Waals surface area (Å²) in [6.45, 7) is 6.14. The molecule has 2 aliphatic carbocycles. The van der Waals surface area contributed by atoms with Crippen molar-refractivity contribution in [3.63, 3.8) is 0 Å². The number of ether oxygens (including phenoxy) is 1. The lowest BCUT2D eigenvalue weighted by atomic mass is 9.87. The van der Waals surface area contributed by atoms with Crippen LogP contribution in [0.4, 0.5) is 0 Å². The van der Waals surface area contributed by atoms with Crippen molar-refractivity contribution in [1.82, 2.24) is 0 Å². The summed E-state index contributed by atoms with van der Waals surface area (Å²) in [5, 5.41) is 0. The Morgan fingerprint density at radius 2 is 2.00 bits per heavy atom. The minimum Gasteiger partial charge on any atom is -0.485 e. The fourth-order valence-electron chi connectivity index (χ4n) is 2.39. The van der Waals surface area contributed by atoms with Crippen LogP contribution in [0.2, 0.25) is 0 Å². The van der Waals surface area contributed by atoms with E-state index in [4.69, 9.17) is 4.74 Å². The molecule has 2 unspecified atom stereocenters. The van der Waals surface area contributed by atoms with Crippen molar-refractivity contribution < 1.29 is 4.74 Å². The zero-order valence-corrected chi connectivity index (χ0v) is 10.8. The fraction of sp³-hybridized carbons (Fsp3) is 0.375. The fourth-order valence-corrected chi connectivity index (χ4v) is 2.39. The summed E-state index contributed by atoms with van der Waals surface area (Å²) in [4.78, 5) is 0. The monoisotopic (exact) mass is 228 g/mol. The molecule has 0 bridgehead atoms. The van der Waals surface area contributed by atoms with Gasteiger partial charge in [0.2, 0.25) is 0 Å². The van der Waals surface area contributed by atoms with Crippen LogP contribution in [0.1, 0.15) is 27.2 Å². The van der Waals surface area contributed by atoms with Crippen LogP contribution >= 0.6 is 0 Å². The minimum atomic E-state index is 0.235. The van der Waals surface area contributed by atoms with E-state index in [1.807, 2.05) is 13.8 Å². The second kappa shape index (κ2) is 5.22. The van der Waals surface area contributed by atoms with E-state index in [-0.39, 0.29) is 6.10 Å². The summed E-state index contributed by atoms with van der Waals surface area (Å²) in [6, 6.07) is 0. The van der Waals surface area contributed by atoms with E-state index < -0.39 is 0 Å². The SMILES string of the molecule is CC.CC1=CC=CC2C3=CC=CCC=C3OC12. The minimum absolute atomic E-state index is 0.235. The Morgan fingerprint density at radius 1 is 1.18 bits per heavy atom. The van der Waals surface area contributed by atoms with Crippen molar-refractivity contribution in [2.45, 2.75) is 33.3 Å². The van der Waals surface area contributed by atoms with E-state index in [1.165, 1.54) is 11.1 Å². The maximum absolute atomic E-state index is 5.99. The largest absolute Gasteiger partial charge is 0.485 e. The molecular weight excluding hydrogens is 208 g/mol. The van der Waals surface area contributed by atoms with E-state index in [9.17, 15) is 0 Å². The summed E-state index contributed by atoms with van der Waals surface area (Å²) in [7, 11) is 0. The Labute approximate surface area is 104 Å². The Bertz CT molecular complexity index is 432. The third-order valence-electron chi connectivity index (χ3n) is 3.20. The van der Waals surface area contributed by atoms with Crippen LogP contribution in [0.25, 0.3) is 0 Å². The quantitative estimate of drug-likeness (QED) is 0.600. The van der Waals surface area contributed by atoms with E-state index in [1.54, 1.807) is 0 Å². The number of hydrogen-bond acceptors (Lipinski definition) is 1. The second-order valence-corrected chi connectivity index (χ2v) is 4.21. The van der Waals surface area contributed by atoms with Crippen molar-refractivity contribution >= 4 is 0 Å². The molecule has 1 fully saturated rings. The highest BCUT2D eigenvalue weighted by atomic mass is 16.5. The molecule has 3 aliphatic rings. The number of fused-ring (bicyclic) bond motifs is 3. The van der Waals surface area contributed by atoms with Gasteiger partial charge in [0.1, 0.15) is 11.9 Å². The van der Waals surface area contributed by atoms with Crippen LogP contribution in [0.15, 0.2) is 59.4 Å². The predicted octanol–water partition coefficient (Wildman–Crippen LogP) is 4.31. The van der Waals surface area contributed by atoms with Gasteiger partial charge in [0.15, 0.2) is 0 Å². The maximum atomic E-state index is 5.99. The first-order chi connectivity index (χ1) is 8.36. The average molecular weight is 228 g/mol. The number of hydrogen-bond donors (Lipinski definition) is 0. The van der Waals surface area contributed by atoms with Gasteiger partial charge in [0.25, 0.3) is 0 Å². The Hall–Kier alpha value is -1.50. The topological polar surface area (TPSA) is 9.23 Å². The number of rotatable bonds is 0. The van der Waals surface area contributed by atoms with Gasteiger partial charge in [0.05, 0.1) is 0 Å². The third kappa shape index (κ3) is 2.14. The first-order valence-corrected chi connectivity index (χ1v) is 6.45. The molecule has 0 N–H and O–H groups in total. The molecule has 0 aromatic heterocycles. The van der Waals surface area contributed by atoms with Crippen molar-refractivity contribution in [2.75, 3.05) is 0 Å². The molecule has 3 rings (SSSR count). The van der Waals surface area contributed by atoms with Gasteiger partial charge in [-0.15, -0.1) is 0 Å². The molecule has 0 spiro atoms. The molecule has 1 nitrogen and oxygen atoms in total. The average Bonchev–Trinajstić information content (AvgIpc) is 2.58. The molecule has 0 aromatic carbocycles. The Balaban J connectivity index is 0.000000514. The van der Waals surface area contributed by atoms with Crippen molar-refractivity contribution in [2.24, 2.45) is 5.92 Å². The van der Waals surface area contributed by atoms with Gasteiger partial charge in [-0.3, -0.25) is 0 Å². The molecule has 1 heterocycles. The Kier molecular flexibility index (Phi) is 3.68. The van der Waals surface area contributed by atoms with Gasteiger partial charge < -0.3 is 4.74 Å². The summed E-state index contributed by atoms with van der Waals surface area (Å²) in [5.41, 5.74) is 2.65. The lowest BCUT2D eigenvalue weighted by Crippen LogP contribution is -2.18.